The summed E-state index contributed by atoms with van der Waals surface area (Å²) in [6.45, 7) is 0.513. The van der Waals surface area contributed by atoms with Crippen LogP contribution in [0.4, 0.5) is 0 Å². The molecule has 1 aliphatic carbocycles. The lowest BCUT2D eigenvalue weighted by molar-refractivity contribution is -0.131. The van der Waals surface area contributed by atoms with Crippen LogP contribution < -0.4 is 4.74 Å². The summed E-state index contributed by atoms with van der Waals surface area (Å²) in [5.41, 5.74) is 5.83. The van der Waals surface area contributed by atoms with Crippen molar-refractivity contribution in [2.75, 3.05) is 0 Å². The van der Waals surface area contributed by atoms with Crippen molar-refractivity contribution >= 4 is 12.0 Å². The van der Waals surface area contributed by atoms with E-state index in [1.165, 1.54) is 25.3 Å². The van der Waals surface area contributed by atoms with Crippen LogP contribution >= 0.6 is 0 Å². The van der Waals surface area contributed by atoms with Gasteiger partial charge in [0.25, 0.3) is 0 Å². The maximum Gasteiger partial charge on any atom is 0.328 e. The Kier molecular flexibility index (Phi) is 7.27. The minimum Gasteiger partial charge on any atom is -0.489 e. The lowest BCUT2D eigenvalue weighted by atomic mass is 9.94. The Balaban J connectivity index is 1.57. The molecule has 0 amide bonds. The second kappa shape index (κ2) is 11.1. The predicted octanol–water partition coefficient (Wildman–Crippen LogP) is 7.40. The molecule has 5 heteroatoms. The Morgan fingerprint density at radius 1 is 0.889 bits per heavy atom. The molecule has 1 N–H and O–H groups in total. The van der Waals surface area contributed by atoms with Gasteiger partial charge in [-0.25, -0.2) is 4.79 Å². The molecule has 5 rings (SSSR count). The molecule has 36 heavy (non-hydrogen) atoms. The third-order valence-corrected chi connectivity index (χ3v) is 6.68. The topological polar surface area (TPSA) is 64.3 Å². The number of rotatable bonds is 8. The number of ether oxygens (including phenoxy) is 1. The quantitative estimate of drug-likeness (QED) is 0.268. The zero-order valence-corrected chi connectivity index (χ0v) is 20.2. The van der Waals surface area contributed by atoms with Crippen molar-refractivity contribution < 1.29 is 14.6 Å². The standard InChI is InChI=1S/C31H30N2O3/c34-29(35)21-20-28-30(24-12-6-2-7-13-24)31(33(32-28)26-14-8-3-9-15-26)25-16-18-27(19-17-25)36-22-23-10-4-1-5-11-23/h1-2,4-7,10-13,16-21,26H,3,8-9,14-15,22H2,(H,34,35). The Morgan fingerprint density at radius 3 is 2.22 bits per heavy atom. The molecule has 1 aliphatic rings. The van der Waals surface area contributed by atoms with Crippen LogP contribution in [-0.4, -0.2) is 20.9 Å². The number of carboxylic acid groups (broad SMARTS) is 1. The van der Waals surface area contributed by atoms with E-state index in [-0.39, 0.29) is 6.04 Å². The van der Waals surface area contributed by atoms with Crippen LogP contribution in [0.2, 0.25) is 0 Å². The molecular formula is C31H30N2O3. The molecule has 0 spiro atoms. The summed E-state index contributed by atoms with van der Waals surface area (Å²) in [5, 5.41) is 14.3. The van der Waals surface area contributed by atoms with Crippen LogP contribution in [0.5, 0.6) is 5.75 Å². The highest BCUT2D eigenvalue weighted by Gasteiger charge is 2.25. The highest BCUT2D eigenvalue weighted by Crippen LogP contribution is 2.40. The van der Waals surface area contributed by atoms with Crippen LogP contribution in [0.25, 0.3) is 28.5 Å². The van der Waals surface area contributed by atoms with E-state index < -0.39 is 5.97 Å². The molecule has 5 nitrogen and oxygen atoms in total. The first-order chi connectivity index (χ1) is 17.7. The molecule has 3 aromatic carbocycles. The summed E-state index contributed by atoms with van der Waals surface area (Å²) >= 11 is 0. The van der Waals surface area contributed by atoms with E-state index >= 15 is 0 Å². The third-order valence-electron chi connectivity index (χ3n) is 6.68. The van der Waals surface area contributed by atoms with Crippen LogP contribution in [0.15, 0.2) is 91.0 Å². The van der Waals surface area contributed by atoms with Crippen molar-refractivity contribution in [2.24, 2.45) is 0 Å². The van der Waals surface area contributed by atoms with Crippen molar-refractivity contribution in [1.29, 1.82) is 0 Å². The number of hydrogen-bond donors (Lipinski definition) is 1. The van der Waals surface area contributed by atoms with Crippen molar-refractivity contribution in [3.05, 3.63) is 102 Å². The SMILES string of the molecule is O=C(O)C=Cc1nn(C2CCCCC2)c(-c2ccc(OCc3ccccc3)cc2)c1-c1ccccc1. The van der Waals surface area contributed by atoms with E-state index in [9.17, 15) is 9.90 Å². The van der Waals surface area contributed by atoms with Crippen molar-refractivity contribution in [3.63, 3.8) is 0 Å². The number of hydrogen-bond acceptors (Lipinski definition) is 3. The summed E-state index contributed by atoms with van der Waals surface area (Å²) in [7, 11) is 0. The van der Waals surface area contributed by atoms with Gasteiger partial charge in [-0.05, 0) is 54.3 Å². The molecule has 0 unspecified atom stereocenters. The van der Waals surface area contributed by atoms with E-state index in [0.29, 0.717) is 12.3 Å². The number of benzene rings is 3. The van der Waals surface area contributed by atoms with Crippen LogP contribution in [0.1, 0.15) is 49.4 Å². The summed E-state index contributed by atoms with van der Waals surface area (Å²) in [6.07, 6.45) is 8.54. The van der Waals surface area contributed by atoms with Gasteiger partial charge >= 0.3 is 5.97 Å². The maximum absolute atomic E-state index is 11.4. The number of aromatic nitrogens is 2. The zero-order valence-electron chi connectivity index (χ0n) is 20.2. The third kappa shape index (κ3) is 5.41. The predicted molar refractivity (Wildman–Crippen MR) is 143 cm³/mol. The molecule has 0 radical (unpaired) electrons. The van der Waals surface area contributed by atoms with Gasteiger partial charge in [-0.3, -0.25) is 4.68 Å². The molecule has 182 valence electrons. The van der Waals surface area contributed by atoms with Crippen molar-refractivity contribution in [1.82, 2.24) is 9.78 Å². The molecule has 0 saturated heterocycles. The number of nitrogens with zero attached hydrogens (tertiary/aromatic N) is 2. The fraction of sp³-hybridized carbons (Fsp3) is 0.226. The monoisotopic (exact) mass is 478 g/mol. The summed E-state index contributed by atoms with van der Waals surface area (Å²) in [5.74, 6) is -0.179. The Bertz CT molecular complexity index is 1320. The van der Waals surface area contributed by atoms with E-state index in [1.54, 1.807) is 6.08 Å². The van der Waals surface area contributed by atoms with Gasteiger partial charge in [0.15, 0.2) is 0 Å². The van der Waals surface area contributed by atoms with Gasteiger partial charge in [0.2, 0.25) is 0 Å². The molecule has 0 aliphatic heterocycles. The smallest absolute Gasteiger partial charge is 0.328 e. The molecule has 1 saturated carbocycles. The van der Waals surface area contributed by atoms with Crippen LogP contribution in [-0.2, 0) is 11.4 Å². The van der Waals surface area contributed by atoms with Crippen LogP contribution in [0, 0.1) is 0 Å². The second-order valence-electron chi connectivity index (χ2n) is 9.18. The van der Waals surface area contributed by atoms with E-state index in [4.69, 9.17) is 9.84 Å². The second-order valence-corrected chi connectivity index (χ2v) is 9.18. The van der Waals surface area contributed by atoms with E-state index in [1.807, 2.05) is 48.5 Å². The molecular weight excluding hydrogens is 448 g/mol. The van der Waals surface area contributed by atoms with Gasteiger partial charge < -0.3 is 9.84 Å². The lowest BCUT2D eigenvalue weighted by Gasteiger charge is -2.24. The molecule has 4 aromatic rings. The minimum absolute atomic E-state index is 0.289. The Labute approximate surface area is 211 Å². The molecule has 0 atom stereocenters. The van der Waals surface area contributed by atoms with Crippen molar-refractivity contribution in [3.8, 4) is 28.1 Å². The number of carbonyl (C=O) groups is 1. The van der Waals surface area contributed by atoms with Crippen molar-refractivity contribution in [2.45, 2.75) is 44.8 Å². The average molecular weight is 479 g/mol. The highest BCUT2D eigenvalue weighted by molar-refractivity contribution is 5.91. The largest absolute Gasteiger partial charge is 0.489 e. The van der Waals surface area contributed by atoms with Gasteiger partial charge in [-0.15, -0.1) is 0 Å². The van der Waals surface area contributed by atoms with Gasteiger partial charge in [0.1, 0.15) is 12.4 Å². The van der Waals surface area contributed by atoms with Gasteiger partial charge in [-0.2, -0.15) is 5.10 Å². The Hall–Kier alpha value is -4.12. The fourth-order valence-electron chi connectivity index (χ4n) is 4.92. The highest BCUT2D eigenvalue weighted by atomic mass is 16.5. The number of carboxylic acids is 1. The molecule has 0 bridgehead atoms. The summed E-state index contributed by atoms with van der Waals surface area (Å²) in [4.78, 5) is 11.4. The molecule has 1 aromatic heterocycles. The van der Waals surface area contributed by atoms with Crippen LogP contribution in [0.3, 0.4) is 0 Å². The van der Waals surface area contributed by atoms with Gasteiger partial charge in [0.05, 0.1) is 17.4 Å². The fourth-order valence-corrected chi connectivity index (χ4v) is 4.92. The minimum atomic E-state index is -0.984. The normalized spacial score (nSPS) is 14.2. The zero-order chi connectivity index (χ0) is 24.7. The summed E-state index contributed by atoms with van der Waals surface area (Å²) < 4.78 is 8.16. The Morgan fingerprint density at radius 2 is 1.56 bits per heavy atom. The maximum atomic E-state index is 11.4. The first kappa shape index (κ1) is 23.6. The van der Waals surface area contributed by atoms with Gasteiger partial charge in [-0.1, -0.05) is 79.9 Å². The molecule has 1 heterocycles. The number of aliphatic carboxylic acids is 1. The first-order valence-corrected chi connectivity index (χ1v) is 12.5. The molecule has 1 fully saturated rings. The average Bonchev–Trinajstić information content (AvgIpc) is 3.32. The van der Waals surface area contributed by atoms with Gasteiger partial charge in [0, 0.05) is 17.2 Å². The van der Waals surface area contributed by atoms with E-state index in [2.05, 4.69) is 41.1 Å². The first-order valence-electron chi connectivity index (χ1n) is 12.5. The van der Waals surface area contributed by atoms with E-state index in [0.717, 1.165) is 46.5 Å². The summed E-state index contributed by atoms with van der Waals surface area (Å²) in [6, 6.07) is 28.7. The lowest BCUT2D eigenvalue weighted by Crippen LogP contribution is -2.15.